The highest BCUT2D eigenvalue weighted by atomic mass is 32.1. The lowest BCUT2D eigenvalue weighted by molar-refractivity contribution is 0.0998. The zero-order chi connectivity index (χ0) is 15.4. The minimum Gasteiger partial charge on any atom is -0.365 e. The standard InChI is InChI=1S/C19H19NOS/c21-18(16-9-5-2-6-10-16)13-19(22)20-12-11-17(14-20)15-7-3-1-4-8-15/h1-10,17H,11-14H2. The van der Waals surface area contributed by atoms with Crippen molar-refractivity contribution < 1.29 is 4.79 Å². The van der Waals surface area contributed by atoms with E-state index < -0.39 is 0 Å². The second kappa shape index (κ2) is 6.84. The van der Waals surface area contributed by atoms with Gasteiger partial charge in [-0.1, -0.05) is 72.9 Å². The van der Waals surface area contributed by atoms with E-state index in [4.69, 9.17) is 12.2 Å². The second-order valence-electron chi connectivity index (χ2n) is 5.70. The van der Waals surface area contributed by atoms with Crippen molar-refractivity contribution in [3.63, 3.8) is 0 Å². The van der Waals surface area contributed by atoms with Gasteiger partial charge in [-0.3, -0.25) is 4.79 Å². The summed E-state index contributed by atoms with van der Waals surface area (Å²) < 4.78 is 0. The quantitative estimate of drug-likeness (QED) is 0.627. The largest absolute Gasteiger partial charge is 0.365 e. The zero-order valence-electron chi connectivity index (χ0n) is 12.4. The summed E-state index contributed by atoms with van der Waals surface area (Å²) in [5.74, 6) is 0.625. The number of carbonyl (C=O) groups is 1. The average molecular weight is 309 g/mol. The van der Waals surface area contributed by atoms with E-state index in [0.717, 1.165) is 30.1 Å². The summed E-state index contributed by atoms with van der Waals surface area (Å²) in [5.41, 5.74) is 2.10. The normalized spacial score (nSPS) is 17.5. The summed E-state index contributed by atoms with van der Waals surface area (Å²) >= 11 is 5.50. The first-order valence-corrected chi connectivity index (χ1v) is 8.06. The highest BCUT2D eigenvalue weighted by Gasteiger charge is 2.26. The van der Waals surface area contributed by atoms with Crippen LogP contribution in [-0.2, 0) is 0 Å². The lowest BCUT2D eigenvalue weighted by Crippen LogP contribution is -2.28. The molecule has 2 aromatic carbocycles. The van der Waals surface area contributed by atoms with E-state index in [-0.39, 0.29) is 5.78 Å². The first kappa shape index (κ1) is 14.9. The maximum atomic E-state index is 12.2. The molecule has 1 unspecified atom stereocenters. The highest BCUT2D eigenvalue weighted by molar-refractivity contribution is 7.80. The van der Waals surface area contributed by atoms with Crippen LogP contribution >= 0.6 is 12.2 Å². The minimum atomic E-state index is 0.105. The van der Waals surface area contributed by atoms with Crippen LogP contribution in [0.5, 0.6) is 0 Å². The molecule has 2 aromatic rings. The summed E-state index contributed by atoms with van der Waals surface area (Å²) in [4.78, 5) is 15.2. The Morgan fingerprint density at radius 3 is 2.36 bits per heavy atom. The molecule has 22 heavy (non-hydrogen) atoms. The Morgan fingerprint density at radius 2 is 1.68 bits per heavy atom. The minimum absolute atomic E-state index is 0.105. The number of ketones is 1. The lowest BCUT2D eigenvalue weighted by Gasteiger charge is -2.19. The first-order chi connectivity index (χ1) is 10.7. The Bertz CT molecular complexity index is 654. The molecule has 1 aliphatic rings. The molecule has 112 valence electrons. The van der Waals surface area contributed by atoms with Gasteiger partial charge in [0.1, 0.15) is 0 Å². The zero-order valence-corrected chi connectivity index (χ0v) is 13.3. The number of rotatable bonds is 4. The van der Waals surface area contributed by atoms with Gasteiger partial charge in [0, 0.05) is 24.6 Å². The van der Waals surface area contributed by atoms with Crippen LogP contribution in [-0.4, -0.2) is 28.8 Å². The third-order valence-corrected chi connectivity index (χ3v) is 4.62. The van der Waals surface area contributed by atoms with Crippen molar-refractivity contribution in [2.45, 2.75) is 18.8 Å². The van der Waals surface area contributed by atoms with Gasteiger partial charge in [-0.25, -0.2) is 0 Å². The van der Waals surface area contributed by atoms with Gasteiger partial charge in [-0.2, -0.15) is 0 Å². The van der Waals surface area contributed by atoms with Crippen molar-refractivity contribution in [3.8, 4) is 0 Å². The van der Waals surface area contributed by atoms with Gasteiger partial charge in [-0.15, -0.1) is 0 Å². The first-order valence-electron chi connectivity index (χ1n) is 7.65. The fourth-order valence-corrected chi connectivity index (χ4v) is 3.26. The Hall–Kier alpha value is -2.00. The van der Waals surface area contributed by atoms with Crippen molar-refractivity contribution in [1.82, 2.24) is 4.90 Å². The van der Waals surface area contributed by atoms with Gasteiger partial charge < -0.3 is 4.90 Å². The maximum Gasteiger partial charge on any atom is 0.169 e. The Morgan fingerprint density at radius 1 is 1.05 bits per heavy atom. The Labute approximate surface area is 136 Å². The van der Waals surface area contributed by atoms with Gasteiger partial charge in [0.15, 0.2) is 5.78 Å². The highest BCUT2D eigenvalue weighted by Crippen LogP contribution is 2.27. The molecule has 0 amide bonds. The molecule has 1 atom stereocenters. The monoisotopic (exact) mass is 309 g/mol. The molecule has 0 spiro atoms. The van der Waals surface area contributed by atoms with Gasteiger partial charge in [-0.05, 0) is 12.0 Å². The van der Waals surface area contributed by atoms with Crippen LogP contribution < -0.4 is 0 Å². The van der Waals surface area contributed by atoms with Gasteiger partial charge in [0.2, 0.25) is 0 Å². The second-order valence-corrected chi connectivity index (χ2v) is 6.17. The van der Waals surface area contributed by atoms with E-state index in [2.05, 4.69) is 29.2 Å². The van der Waals surface area contributed by atoms with Gasteiger partial charge in [0.25, 0.3) is 0 Å². The number of nitrogens with zero attached hydrogens (tertiary/aromatic N) is 1. The molecular formula is C19H19NOS. The van der Waals surface area contributed by atoms with E-state index in [1.165, 1.54) is 5.56 Å². The summed E-state index contributed by atoms with van der Waals surface area (Å²) in [5, 5.41) is 0. The summed E-state index contributed by atoms with van der Waals surface area (Å²) in [7, 11) is 0. The maximum absolute atomic E-state index is 12.2. The fraction of sp³-hybridized carbons (Fsp3) is 0.263. The van der Waals surface area contributed by atoms with Crippen LogP contribution in [0, 0.1) is 0 Å². The number of hydrogen-bond acceptors (Lipinski definition) is 2. The smallest absolute Gasteiger partial charge is 0.169 e. The number of hydrogen-bond donors (Lipinski definition) is 0. The van der Waals surface area contributed by atoms with Crippen LogP contribution in [0.4, 0.5) is 0 Å². The molecule has 0 radical (unpaired) electrons. The summed E-state index contributed by atoms with van der Waals surface area (Å²) in [6.07, 6.45) is 1.44. The van der Waals surface area contributed by atoms with Crippen LogP contribution in [0.2, 0.25) is 0 Å². The topological polar surface area (TPSA) is 20.3 Å². The Kier molecular flexibility index (Phi) is 4.64. The molecule has 1 heterocycles. The molecule has 0 saturated carbocycles. The molecule has 3 heteroatoms. The van der Waals surface area contributed by atoms with Crippen LogP contribution in [0.3, 0.4) is 0 Å². The molecular weight excluding hydrogens is 290 g/mol. The number of carbonyl (C=O) groups excluding carboxylic acids is 1. The third-order valence-electron chi connectivity index (χ3n) is 4.22. The van der Waals surface area contributed by atoms with Crippen molar-refractivity contribution in [1.29, 1.82) is 0 Å². The molecule has 2 nitrogen and oxygen atoms in total. The van der Waals surface area contributed by atoms with E-state index in [9.17, 15) is 4.79 Å². The molecule has 1 fully saturated rings. The van der Waals surface area contributed by atoms with Crippen LogP contribution in [0.15, 0.2) is 60.7 Å². The van der Waals surface area contributed by atoms with E-state index in [1.54, 1.807) is 0 Å². The molecule has 0 aliphatic carbocycles. The van der Waals surface area contributed by atoms with Crippen LogP contribution in [0.25, 0.3) is 0 Å². The number of benzene rings is 2. The van der Waals surface area contributed by atoms with Crippen molar-refractivity contribution in [3.05, 3.63) is 71.8 Å². The van der Waals surface area contributed by atoms with E-state index >= 15 is 0 Å². The third kappa shape index (κ3) is 3.42. The van der Waals surface area contributed by atoms with Crippen LogP contribution in [0.1, 0.15) is 34.7 Å². The van der Waals surface area contributed by atoms with Gasteiger partial charge >= 0.3 is 0 Å². The molecule has 0 bridgehead atoms. The van der Waals surface area contributed by atoms with Crippen molar-refractivity contribution >= 4 is 23.0 Å². The fourth-order valence-electron chi connectivity index (χ4n) is 2.96. The SMILES string of the molecule is O=C(CC(=S)N1CCC(c2ccccc2)C1)c1ccccc1. The predicted octanol–water partition coefficient (Wildman–Crippen LogP) is 4.08. The Balaban J connectivity index is 1.59. The van der Waals surface area contributed by atoms with Crippen molar-refractivity contribution in [2.75, 3.05) is 13.1 Å². The summed E-state index contributed by atoms with van der Waals surface area (Å²) in [6.45, 7) is 1.87. The predicted molar refractivity (Wildman–Crippen MR) is 93.4 cm³/mol. The molecule has 0 N–H and O–H groups in total. The molecule has 3 rings (SSSR count). The molecule has 0 aromatic heterocycles. The van der Waals surface area contributed by atoms with E-state index in [1.807, 2.05) is 36.4 Å². The molecule has 1 saturated heterocycles. The lowest BCUT2D eigenvalue weighted by atomic mass is 9.99. The van der Waals surface area contributed by atoms with Gasteiger partial charge in [0.05, 0.1) is 11.4 Å². The molecule has 1 aliphatic heterocycles. The van der Waals surface area contributed by atoms with Crippen molar-refractivity contribution in [2.24, 2.45) is 0 Å². The number of likely N-dealkylation sites (tertiary alicyclic amines) is 1. The van der Waals surface area contributed by atoms with E-state index in [0.29, 0.717) is 12.3 Å². The number of thiocarbonyl (C=S) groups is 1. The summed E-state index contributed by atoms with van der Waals surface area (Å²) in [6, 6.07) is 19.9. The number of Topliss-reactive ketones (excluding diaryl/α,β-unsaturated/α-hetero) is 1. The average Bonchev–Trinajstić information content (AvgIpc) is 3.06.